The predicted octanol–water partition coefficient (Wildman–Crippen LogP) is 2.97. The minimum atomic E-state index is -0.622. The Balaban J connectivity index is 1.90. The molecule has 3 aliphatic rings. The number of rotatable bonds is 0. The van der Waals surface area contributed by atoms with Crippen molar-refractivity contribution < 1.29 is 19.0 Å². The zero-order valence-corrected chi connectivity index (χ0v) is 14.0. The van der Waals surface area contributed by atoms with Gasteiger partial charge >= 0.3 is 5.63 Å². The molecule has 0 amide bonds. The molecule has 5 nitrogen and oxygen atoms in total. The van der Waals surface area contributed by atoms with Crippen LogP contribution in [-0.4, -0.2) is 22.4 Å². The highest BCUT2D eigenvalue weighted by Gasteiger charge is 2.59. The average Bonchev–Trinajstić information content (AvgIpc) is 2.47. The smallest absolute Gasteiger partial charge is 0.336 e. The van der Waals surface area contributed by atoms with E-state index in [1.807, 2.05) is 6.92 Å². The van der Waals surface area contributed by atoms with Crippen LogP contribution in [0.4, 0.5) is 0 Å². The molecule has 5 rings (SSSR count). The first-order valence-electron chi connectivity index (χ1n) is 8.47. The van der Waals surface area contributed by atoms with Gasteiger partial charge < -0.3 is 19.0 Å². The number of aliphatic hydroxyl groups is 1. The molecule has 24 heavy (non-hydrogen) atoms. The van der Waals surface area contributed by atoms with Crippen molar-refractivity contribution in [3.8, 4) is 11.5 Å². The first-order valence-corrected chi connectivity index (χ1v) is 8.47. The molecule has 1 N–H and O–H groups in total. The minimum Gasteiger partial charge on any atom is -0.487 e. The number of hydrogen-bond donors (Lipinski definition) is 1. The van der Waals surface area contributed by atoms with E-state index >= 15 is 0 Å². The predicted molar refractivity (Wildman–Crippen MR) is 87.7 cm³/mol. The second kappa shape index (κ2) is 4.14. The first-order chi connectivity index (χ1) is 11.3. The van der Waals surface area contributed by atoms with Gasteiger partial charge in [0, 0.05) is 29.5 Å². The van der Waals surface area contributed by atoms with Gasteiger partial charge in [-0.2, -0.15) is 0 Å². The van der Waals surface area contributed by atoms with E-state index in [1.54, 1.807) is 12.1 Å². The molecule has 1 aromatic heterocycles. The summed E-state index contributed by atoms with van der Waals surface area (Å²) in [6.07, 6.45) is 1.15. The van der Waals surface area contributed by atoms with Gasteiger partial charge in [0.2, 0.25) is 0 Å². The topological polar surface area (TPSA) is 68.9 Å². The summed E-state index contributed by atoms with van der Waals surface area (Å²) in [5.41, 5.74) is -0.0283. The van der Waals surface area contributed by atoms with Gasteiger partial charge in [-0.05, 0) is 39.7 Å². The second-order valence-corrected chi connectivity index (χ2v) is 8.02. The summed E-state index contributed by atoms with van der Waals surface area (Å²) in [6, 6.07) is 4.91. The highest BCUT2D eigenvalue weighted by atomic mass is 16.5. The summed E-state index contributed by atoms with van der Waals surface area (Å²) < 4.78 is 17.9. The molecule has 1 fully saturated rings. The van der Waals surface area contributed by atoms with Crippen molar-refractivity contribution in [3.63, 3.8) is 0 Å². The van der Waals surface area contributed by atoms with E-state index in [0.29, 0.717) is 17.1 Å². The van der Waals surface area contributed by atoms with Crippen molar-refractivity contribution >= 4 is 11.0 Å². The van der Waals surface area contributed by atoms with Gasteiger partial charge in [0.05, 0.1) is 5.39 Å². The summed E-state index contributed by atoms with van der Waals surface area (Å²) in [6.45, 7) is 6.10. The SMILES string of the molecule is CC1(C)Oc2cc3oc(=O)ccc3c3c2[C@H]2[C@@H](O)[C@](C)(CC[C@@H]21)O3. The molecule has 0 radical (unpaired) electrons. The normalized spacial score (nSPS) is 35.2. The van der Waals surface area contributed by atoms with Crippen LogP contribution in [0.5, 0.6) is 11.5 Å². The molecule has 1 saturated carbocycles. The van der Waals surface area contributed by atoms with Crippen LogP contribution in [0.25, 0.3) is 11.0 Å². The fraction of sp³-hybridized carbons (Fsp3) is 0.526. The summed E-state index contributed by atoms with van der Waals surface area (Å²) in [7, 11) is 0. The van der Waals surface area contributed by atoms with Crippen molar-refractivity contribution in [3.05, 3.63) is 34.2 Å². The molecule has 5 heteroatoms. The lowest BCUT2D eigenvalue weighted by Crippen LogP contribution is -2.61. The summed E-state index contributed by atoms with van der Waals surface area (Å²) in [4.78, 5) is 11.6. The van der Waals surface area contributed by atoms with E-state index in [0.717, 1.165) is 23.8 Å². The van der Waals surface area contributed by atoms with Gasteiger partial charge in [-0.25, -0.2) is 4.79 Å². The molecule has 2 bridgehead atoms. The lowest BCUT2D eigenvalue weighted by atomic mass is 9.60. The lowest BCUT2D eigenvalue weighted by Gasteiger charge is -2.57. The molecule has 0 spiro atoms. The Kier molecular flexibility index (Phi) is 2.48. The van der Waals surface area contributed by atoms with Crippen molar-refractivity contribution in [1.82, 2.24) is 0 Å². The zero-order valence-electron chi connectivity index (χ0n) is 14.0. The van der Waals surface area contributed by atoms with Crippen molar-refractivity contribution in [1.29, 1.82) is 0 Å². The van der Waals surface area contributed by atoms with Crippen LogP contribution in [0.3, 0.4) is 0 Å². The molecular formula is C19H20O5. The third-order valence-corrected chi connectivity index (χ3v) is 6.16. The maximum atomic E-state index is 11.6. The monoisotopic (exact) mass is 328 g/mol. The number of hydrogen-bond acceptors (Lipinski definition) is 5. The van der Waals surface area contributed by atoms with Crippen LogP contribution in [-0.2, 0) is 0 Å². The molecule has 2 aliphatic heterocycles. The largest absolute Gasteiger partial charge is 0.487 e. The number of benzene rings is 1. The van der Waals surface area contributed by atoms with Crippen LogP contribution < -0.4 is 15.1 Å². The summed E-state index contributed by atoms with van der Waals surface area (Å²) in [5, 5.41) is 11.8. The molecule has 3 heterocycles. The highest BCUT2D eigenvalue weighted by Crippen LogP contribution is 2.61. The number of aliphatic hydroxyl groups excluding tert-OH is 1. The molecule has 2 aromatic rings. The standard InChI is InChI=1S/C19H20O5/c1-18(2)10-6-7-19(3)17(21)14(10)15-12(23-18)8-11-9(16(15)24-19)4-5-13(20)22-11/h4-5,8,10,14,17,21H,6-7H2,1-3H3/t10-,14-,17+,19-/m0/s1. The fourth-order valence-corrected chi connectivity index (χ4v) is 4.90. The Hall–Kier alpha value is -2.01. The number of ether oxygens (including phenoxy) is 2. The molecule has 0 saturated heterocycles. The van der Waals surface area contributed by atoms with E-state index in [4.69, 9.17) is 13.9 Å². The fourth-order valence-electron chi connectivity index (χ4n) is 4.90. The maximum absolute atomic E-state index is 11.6. The lowest BCUT2D eigenvalue weighted by molar-refractivity contribution is -0.147. The average molecular weight is 328 g/mol. The third kappa shape index (κ3) is 1.61. The van der Waals surface area contributed by atoms with Gasteiger partial charge in [0.25, 0.3) is 0 Å². The van der Waals surface area contributed by atoms with Crippen molar-refractivity contribution in [2.75, 3.05) is 0 Å². The van der Waals surface area contributed by atoms with Crippen LogP contribution in [0.2, 0.25) is 0 Å². The van der Waals surface area contributed by atoms with Crippen LogP contribution in [0.1, 0.15) is 45.1 Å². The Bertz CT molecular complexity index is 927. The highest BCUT2D eigenvalue weighted by molar-refractivity contribution is 5.88. The van der Waals surface area contributed by atoms with E-state index in [2.05, 4.69) is 13.8 Å². The van der Waals surface area contributed by atoms with Gasteiger partial charge in [-0.15, -0.1) is 0 Å². The van der Waals surface area contributed by atoms with Gasteiger partial charge in [0.1, 0.15) is 34.4 Å². The van der Waals surface area contributed by atoms with E-state index in [1.165, 1.54) is 6.07 Å². The minimum absolute atomic E-state index is 0.0254. The Morgan fingerprint density at radius 2 is 2.00 bits per heavy atom. The quantitative estimate of drug-likeness (QED) is 0.753. The van der Waals surface area contributed by atoms with E-state index < -0.39 is 22.9 Å². The molecule has 4 atom stereocenters. The second-order valence-electron chi connectivity index (χ2n) is 8.02. The maximum Gasteiger partial charge on any atom is 0.336 e. The molecule has 1 aromatic carbocycles. The molecular weight excluding hydrogens is 308 g/mol. The van der Waals surface area contributed by atoms with Crippen LogP contribution in [0.15, 0.2) is 27.4 Å². The zero-order chi connectivity index (χ0) is 16.9. The van der Waals surface area contributed by atoms with Gasteiger partial charge in [-0.3, -0.25) is 0 Å². The van der Waals surface area contributed by atoms with Crippen molar-refractivity contribution in [2.45, 2.75) is 56.8 Å². The third-order valence-electron chi connectivity index (χ3n) is 6.16. The van der Waals surface area contributed by atoms with Crippen molar-refractivity contribution in [2.24, 2.45) is 5.92 Å². The Labute approximate surface area is 139 Å². The van der Waals surface area contributed by atoms with E-state index in [9.17, 15) is 9.90 Å². The number of fused-ring (bicyclic) bond motifs is 3. The van der Waals surface area contributed by atoms with E-state index in [-0.39, 0.29) is 11.8 Å². The summed E-state index contributed by atoms with van der Waals surface area (Å²) in [5.74, 6) is 1.55. The molecule has 1 aliphatic carbocycles. The Morgan fingerprint density at radius 3 is 2.79 bits per heavy atom. The van der Waals surface area contributed by atoms with Crippen LogP contribution in [0, 0.1) is 5.92 Å². The summed E-state index contributed by atoms with van der Waals surface area (Å²) >= 11 is 0. The molecule has 126 valence electrons. The Morgan fingerprint density at radius 1 is 1.21 bits per heavy atom. The van der Waals surface area contributed by atoms with Crippen LogP contribution >= 0.6 is 0 Å². The van der Waals surface area contributed by atoms with Gasteiger partial charge in [-0.1, -0.05) is 0 Å². The first kappa shape index (κ1) is 14.3. The molecule has 0 unspecified atom stereocenters. The van der Waals surface area contributed by atoms with Gasteiger partial charge in [0.15, 0.2) is 0 Å².